The van der Waals surface area contributed by atoms with Gasteiger partial charge in [0, 0.05) is 22.3 Å². The molecule has 6 nitrogen and oxygen atoms in total. The second-order valence-corrected chi connectivity index (χ2v) is 15.2. The fourth-order valence-electron chi connectivity index (χ4n) is 3.95. The van der Waals surface area contributed by atoms with Crippen molar-refractivity contribution in [2.75, 3.05) is 0 Å². The molecule has 0 N–H and O–H groups in total. The van der Waals surface area contributed by atoms with Crippen LogP contribution in [0.3, 0.4) is 0 Å². The first kappa shape index (κ1) is 34.8. The Kier molecular flexibility index (Phi) is 10.3. The molecule has 230 valence electrons. The second-order valence-electron chi connectivity index (χ2n) is 15.2. The van der Waals surface area contributed by atoms with Gasteiger partial charge in [0.05, 0.1) is 16.9 Å². The summed E-state index contributed by atoms with van der Waals surface area (Å²) >= 11 is 0. The van der Waals surface area contributed by atoms with Gasteiger partial charge in [-0.2, -0.15) is 0 Å². The summed E-state index contributed by atoms with van der Waals surface area (Å²) < 4.78 is 18.0. The SMILES string of the molecule is CC(C)Oc1c(C=CC(=O)c2ccc(OC(=O)C(C)(C)C)cc2)cc(C(C)(C)C)c(OC(=O)C(C)(C)C)c1C(C)(C)C. The molecule has 0 unspecified atom stereocenters. The highest BCUT2D eigenvalue weighted by Crippen LogP contribution is 2.48. The summed E-state index contributed by atoms with van der Waals surface area (Å²) in [7, 11) is 0. The molecule has 0 aliphatic heterocycles. The standard InChI is InChI=1S/C36H50O6/c1-22(2)40-29-24(17-20-27(37)23-15-18-25(19-16-23)41-31(38)35(9,10)11)21-26(33(3,4)5)30(28(29)34(6,7)8)42-32(39)36(12,13)14/h15-22H,1-14H3. The molecular formula is C36H50O6. The fourth-order valence-corrected chi connectivity index (χ4v) is 3.95. The van der Waals surface area contributed by atoms with Gasteiger partial charge in [0.15, 0.2) is 5.78 Å². The minimum atomic E-state index is -0.699. The van der Waals surface area contributed by atoms with Crippen LogP contribution in [-0.2, 0) is 20.4 Å². The van der Waals surface area contributed by atoms with Crippen LogP contribution in [-0.4, -0.2) is 23.8 Å². The van der Waals surface area contributed by atoms with E-state index in [0.29, 0.717) is 22.8 Å². The predicted octanol–water partition coefficient (Wildman–Crippen LogP) is 8.87. The van der Waals surface area contributed by atoms with Gasteiger partial charge >= 0.3 is 11.9 Å². The number of esters is 2. The smallest absolute Gasteiger partial charge is 0.316 e. The third-order valence-electron chi connectivity index (χ3n) is 6.36. The third-order valence-corrected chi connectivity index (χ3v) is 6.36. The molecule has 2 aromatic carbocycles. The van der Waals surface area contributed by atoms with E-state index in [1.54, 1.807) is 51.1 Å². The highest BCUT2D eigenvalue weighted by atomic mass is 16.5. The van der Waals surface area contributed by atoms with Crippen LogP contribution in [0.5, 0.6) is 17.2 Å². The quantitative estimate of drug-likeness (QED) is 0.141. The van der Waals surface area contributed by atoms with Crippen molar-refractivity contribution < 1.29 is 28.6 Å². The van der Waals surface area contributed by atoms with Crippen molar-refractivity contribution in [1.29, 1.82) is 0 Å². The number of rotatable bonds is 7. The Morgan fingerprint density at radius 3 is 1.62 bits per heavy atom. The minimum Gasteiger partial charge on any atom is -0.490 e. The maximum atomic E-state index is 13.2. The molecule has 0 radical (unpaired) electrons. The molecule has 2 rings (SSSR count). The maximum Gasteiger partial charge on any atom is 0.316 e. The van der Waals surface area contributed by atoms with E-state index in [-0.39, 0.29) is 29.2 Å². The summed E-state index contributed by atoms with van der Waals surface area (Å²) in [5, 5.41) is 0. The van der Waals surface area contributed by atoms with Gasteiger partial charge in [-0.15, -0.1) is 0 Å². The molecule has 0 amide bonds. The summed E-state index contributed by atoms with van der Waals surface area (Å²) in [6.45, 7) is 27.1. The van der Waals surface area contributed by atoms with E-state index in [9.17, 15) is 14.4 Å². The van der Waals surface area contributed by atoms with Crippen molar-refractivity contribution in [2.24, 2.45) is 10.8 Å². The summed E-state index contributed by atoms with van der Waals surface area (Å²) in [6, 6.07) is 8.47. The lowest BCUT2D eigenvalue weighted by molar-refractivity contribution is -0.143. The highest BCUT2D eigenvalue weighted by molar-refractivity contribution is 6.07. The minimum absolute atomic E-state index is 0.163. The Morgan fingerprint density at radius 2 is 1.19 bits per heavy atom. The number of allylic oxidation sites excluding steroid dienone is 1. The molecule has 0 aliphatic rings. The Bertz CT molecular complexity index is 1330. The van der Waals surface area contributed by atoms with Crippen LogP contribution < -0.4 is 14.2 Å². The van der Waals surface area contributed by atoms with E-state index in [4.69, 9.17) is 14.2 Å². The van der Waals surface area contributed by atoms with Crippen molar-refractivity contribution in [3.05, 3.63) is 58.7 Å². The fraction of sp³-hybridized carbons (Fsp3) is 0.528. The van der Waals surface area contributed by atoms with Crippen LogP contribution in [0.2, 0.25) is 0 Å². The first-order valence-corrected chi connectivity index (χ1v) is 14.6. The number of benzene rings is 2. The summed E-state index contributed by atoms with van der Waals surface area (Å²) in [5.41, 5.74) is 0.633. The lowest BCUT2D eigenvalue weighted by Gasteiger charge is -2.33. The maximum absolute atomic E-state index is 13.2. The molecule has 42 heavy (non-hydrogen) atoms. The van der Waals surface area contributed by atoms with Crippen molar-refractivity contribution >= 4 is 23.8 Å². The molecule has 2 aromatic rings. The molecule has 0 saturated carbocycles. The third kappa shape index (κ3) is 9.04. The van der Waals surface area contributed by atoms with Gasteiger partial charge in [0.2, 0.25) is 0 Å². The monoisotopic (exact) mass is 578 g/mol. The van der Waals surface area contributed by atoms with E-state index in [1.807, 2.05) is 40.7 Å². The molecule has 0 bridgehead atoms. The van der Waals surface area contributed by atoms with Crippen LogP contribution >= 0.6 is 0 Å². The Labute approximate surface area is 252 Å². The second kappa shape index (κ2) is 12.4. The van der Waals surface area contributed by atoms with Crippen LogP contribution in [0.4, 0.5) is 0 Å². The molecule has 0 aliphatic carbocycles. The molecule has 0 heterocycles. The van der Waals surface area contributed by atoms with Crippen molar-refractivity contribution in [3.63, 3.8) is 0 Å². The lowest BCUT2D eigenvalue weighted by Crippen LogP contribution is -2.29. The normalized spacial score (nSPS) is 12.9. The molecule has 0 atom stereocenters. The largest absolute Gasteiger partial charge is 0.490 e. The van der Waals surface area contributed by atoms with E-state index in [0.717, 1.165) is 16.7 Å². The first-order valence-electron chi connectivity index (χ1n) is 14.6. The van der Waals surface area contributed by atoms with Crippen LogP contribution in [0.25, 0.3) is 6.08 Å². The zero-order chi connectivity index (χ0) is 32.4. The summed E-state index contributed by atoms with van der Waals surface area (Å²) in [4.78, 5) is 38.6. The van der Waals surface area contributed by atoms with Crippen LogP contribution in [0.15, 0.2) is 36.4 Å². The summed E-state index contributed by atoms with van der Waals surface area (Å²) in [5.74, 6) is 0.583. The molecular weight excluding hydrogens is 528 g/mol. The number of ether oxygens (including phenoxy) is 3. The topological polar surface area (TPSA) is 78.9 Å². The molecule has 0 aromatic heterocycles. The van der Waals surface area contributed by atoms with E-state index < -0.39 is 16.2 Å². The molecule has 6 heteroatoms. The van der Waals surface area contributed by atoms with Crippen molar-refractivity contribution in [3.8, 4) is 17.2 Å². The molecule has 0 spiro atoms. The van der Waals surface area contributed by atoms with Crippen molar-refractivity contribution in [1.82, 2.24) is 0 Å². The number of carbonyl (C=O) groups is 3. The highest BCUT2D eigenvalue weighted by Gasteiger charge is 2.35. The van der Waals surface area contributed by atoms with Gasteiger partial charge in [0.1, 0.15) is 17.2 Å². The van der Waals surface area contributed by atoms with Crippen molar-refractivity contribution in [2.45, 2.75) is 114 Å². The lowest BCUT2D eigenvalue weighted by atomic mass is 9.77. The number of ketones is 1. The predicted molar refractivity (Wildman–Crippen MR) is 170 cm³/mol. The average Bonchev–Trinajstić information content (AvgIpc) is 2.80. The Hall–Kier alpha value is -3.41. The average molecular weight is 579 g/mol. The number of carbonyl (C=O) groups excluding carboxylic acids is 3. The van der Waals surface area contributed by atoms with E-state index in [1.165, 1.54) is 6.08 Å². The molecule has 0 saturated heterocycles. The van der Waals surface area contributed by atoms with E-state index in [2.05, 4.69) is 41.5 Å². The van der Waals surface area contributed by atoms with Gasteiger partial charge in [0.25, 0.3) is 0 Å². The zero-order valence-electron chi connectivity index (χ0n) is 28.1. The van der Waals surface area contributed by atoms with Gasteiger partial charge in [-0.3, -0.25) is 14.4 Å². The zero-order valence-corrected chi connectivity index (χ0v) is 28.1. The van der Waals surface area contributed by atoms with Gasteiger partial charge < -0.3 is 14.2 Å². The number of hydrogen-bond acceptors (Lipinski definition) is 6. The Morgan fingerprint density at radius 1 is 0.690 bits per heavy atom. The summed E-state index contributed by atoms with van der Waals surface area (Å²) in [6.07, 6.45) is 3.11. The van der Waals surface area contributed by atoms with Crippen LogP contribution in [0, 0.1) is 10.8 Å². The van der Waals surface area contributed by atoms with Crippen LogP contribution in [0.1, 0.15) is 124 Å². The van der Waals surface area contributed by atoms with Gasteiger partial charge in [-0.1, -0.05) is 41.5 Å². The Balaban J connectivity index is 2.68. The van der Waals surface area contributed by atoms with Gasteiger partial charge in [-0.25, -0.2) is 0 Å². The number of hydrogen-bond donors (Lipinski definition) is 0. The first-order chi connectivity index (χ1) is 18.9. The molecule has 0 fully saturated rings. The van der Waals surface area contributed by atoms with E-state index >= 15 is 0 Å². The van der Waals surface area contributed by atoms with Gasteiger partial charge in [-0.05, 0) is 109 Å².